The van der Waals surface area contributed by atoms with Gasteiger partial charge in [-0.05, 0) is 19.3 Å². The first-order valence-electron chi connectivity index (χ1n) is 7.44. The number of quaternary nitrogens is 1. The van der Waals surface area contributed by atoms with Crippen molar-refractivity contribution in [2.45, 2.75) is 71.6 Å². The first kappa shape index (κ1) is 16.0. The number of rotatable bonds is 11. The predicted octanol–water partition coefficient (Wildman–Crippen LogP) is 4.61. The lowest BCUT2D eigenvalue weighted by molar-refractivity contribution is -0.890. The Hall–Kier alpha value is -0.0400. The highest BCUT2D eigenvalue weighted by molar-refractivity contribution is 4.46. The molecule has 0 fully saturated rings. The molecular weight excluding hydrogens is 194 g/mol. The van der Waals surface area contributed by atoms with E-state index in [1.165, 1.54) is 75.4 Å². The highest BCUT2D eigenvalue weighted by Crippen LogP contribution is 2.10. The van der Waals surface area contributed by atoms with Crippen molar-refractivity contribution in [2.75, 3.05) is 27.2 Å². The van der Waals surface area contributed by atoms with Crippen LogP contribution in [0.2, 0.25) is 0 Å². The highest BCUT2D eigenvalue weighted by Gasteiger charge is 2.11. The van der Waals surface area contributed by atoms with E-state index in [0.29, 0.717) is 0 Å². The lowest BCUT2D eigenvalue weighted by atomic mass is 10.1. The summed E-state index contributed by atoms with van der Waals surface area (Å²) in [4.78, 5) is 0. The molecule has 0 atom stereocenters. The molecule has 0 heterocycles. The SMILES string of the molecule is CCCCCCCCCC[N+](C)(C)CCC. The van der Waals surface area contributed by atoms with Gasteiger partial charge in [-0.1, -0.05) is 52.4 Å². The van der Waals surface area contributed by atoms with Gasteiger partial charge in [-0.15, -0.1) is 0 Å². The third kappa shape index (κ3) is 10.5. The molecule has 0 aromatic heterocycles. The van der Waals surface area contributed by atoms with Gasteiger partial charge in [0, 0.05) is 0 Å². The molecule has 16 heavy (non-hydrogen) atoms. The van der Waals surface area contributed by atoms with Gasteiger partial charge >= 0.3 is 0 Å². The van der Waals surface area contributed by atoms with Crippen molar-refractivity contribution in [3.8, 4) is 0 Å². The van der Waals surface area contributed by atoms with Gasteiger partial charge in [-0.2, -0.15) is 0 Å². The molecule has 0 rings (SSSR count). The standard InChI is InChI=1S/C15H34N/c1-5-7-8-9-10-11-12-13-15-16(3,4)14-6-2/h5-15H2,1-4H3/q+1. The second kappa shape index (κ2) is 10.1. The number of nitrogens with zero attached hydrogens (tertiary/aromatic N) is 1. The zero-order chi connectivity index (χ0) is 12.3. The zero-order valence-corrected chi connectivity index (χ0v) is 12.2. The van der Waals surface area contributed by atoms with Gasteiger partial charge in [-0.3, -0.25) is 0 Å². The fraction of sp³-hybridized carbons (Fsp3) is 1.00. The van der Waals surface area contributed by atoms with Crippen molar-refractivity contribution < 1.29 is 4.48 Å². The maximum atomic E-state index is 2.37. The first-order valence-corrected chi connectivity index (χ1v) is 7.44. The van der Waals surface area contributed by atoms with Gasteiger partial charge in [0.1, 0.15) is 0 Å². The van der Waals surface area contributed by atoms with E-state index in [1.54, 1.807) is 0 Å². The summed E-state index contributed by atoms with van der Waals surface area (Å²) >= 11 is 0. The molecule has 0 aliphatic heterocycles. The molecule has 0 aromatic rings. The van der Waals surface area contributed by atoms with Crippen molar-refractivity contribution in [2.24, 2.45) is 0 Å². The van der Waals surface area contributed by atoms with Gasteiger partial charge in [0.15, 0.2) is 0 Å². The number of hydrogen-bond donors (Lipinski definition) is 0. The number of hydrogen-bond acceptors (Lipinski definition) is 0. The Bertz CT molecular complexity index is 140. The average molecular weight is 228 g/mol. The lowest BCUT2D eigenvalue weighted by Crippen LogP contribution is -2.40. The van der Waals surface area contributed by atoms with Crippen LogP contribution in [0.25, 0.3) is 0 Å². The molecular formula is C15H34N+. The van der Waals surface area contributed by atoms with Crippen LogP contribution < -0.4 is 0 Å². The third-order valence-electron chi connectivity index (χ3n) is 3.45. The maximum Gasteiger partial charge on any atom is 0.0782 e. The predicted molar refractivity (Wildman–Crippen MR) is 74.7 cm³/mol. The lowest BCUT2D eigenvalue weighted by Gasteiger charge is -2.29. The minimum atomic E-state index is 1.21. The van der Waals surface area contributed by atoms with Crippen LogP contribution in [0.1, 0.15) is 71.6 Å². The Morgan fingerprint density at radius 1 is 0.562 bits per heavy atom. The van der Waals surface area contributed by atoms with Crippen LogP contribution in [0.3, 0.4) is 0 Å². The van der Waals surface area contributed by atoms with E-state index in [4.69, 9.17) is 0 Å². The zero-order valence-electron chi connectivity index (χ0n) is 12.2. The van der Waals surface area contributed by atoms with E-state index in [9.17, 15) is 0 Å². The van der Waals surface area contributed by atoms with Crippen LogP contribution in [0, 0.1) is 0 Å². The smallest absolute Gasteiger partial charge is 0.0782 e. The fourth-order valence-corrected chi connectivity index (χ4v) is 2.39. The van der Waals surface area contributed by atoms with Crippen LogP contribution in [-0.4, -0.2) is 31.7 Å². The summed E-state index contributed by atoms with van der Waals surface area (Å²) in [6, 6.07) is 0. The molecule has 0 aliphatic rings. The molecule has 0 radical (unpaired) electrons. The molecule has 0 spiro atoms. The molecule has 0 saturated carbocycles. The van der Waals surface area contributed by atoms with Crippen molar-refractivity contribution in [1.82, 2.24) is 0 Å². The van der Waals surface area contributed by atoms with Gasteiger partial charge < -0.3 is 4.48 Å². The van der Waals surface area contributed by atoms with Crippen LogP contribution in [0.5, 0.6) is 0 Å². The second-order valence-electron chi connectivity index (χ2n) is 5.86. The molecule has 0 bridgehead atoms. The van der Waals surface area contributed by atoms with Crippen molar-refractivity contribution in [3.63, 3.8) is 0 Å². The minimum Gasteiger partial charge on any atom is -0.328 e. The quantitative estimate of drug-likeness (QED) is 0.358. The molecule has 1 heteroatoms. The van der Waals surface area contributed by atoms with Crippen LogP contribution in [-0.2, 0) is 0 Å². The molecule has 0 saturated heterocycles. The monoisotopic (exact) mass is 228 g/mol. The van der Waals surface area contributed by atoms with Crippen LogP contribution in [0.15, 0.2) is 0 Å². The van der Waals surface area contributed by atoms with E-state index >= 15 is 0 Å². The molecule has 0 amide bonds. The van der Waals surface area contributed by atoms with Gasteiger partial charge in [-0.25, -0.2) is 0 Å². The minimum absolute atomic E-state index is 1.21. The average Bonchev–Trinajstić information content (AvgIpc) is 2.22. The summed E-state index contributed by atoms with van der Waals surface area (Å²) in [6.07, 6.45) is 12.8. The van der Waals surface area contributed by atoms with E-state index in [2.05, 4.69) is 27.9 Å². The molecule has 0 aliphatic carbocycles. The Labute approximate surface area is 104 Å². The summed E-state index contributed by atoms with van der Waals surface area (Å²) in [5, 5.41) is 0. The Balaban J connectivity index is 3.20. The maximum absolute atomic E-state index is 2.37. The molecule has 0 N–H and O–H groups in total. The highest BCUT2D eigenvalue weighted by atomic mass is 15.3. The van der Waals surface area contributed by atoms with E-state index in [1.807, 2.05) is 0 Å². The van der Waals surface area contributed by atoms with E-state index in [0.717, 1.165) is 0 Å². The fourth-order valence-electron chi connectivity index (χ4n) is 2.39. The van der Waals surface area contributed by atoms with Crippen molar-refractivity contribution >= 4 is 0 Å². The van der Waals surface area contributed by atoms with Gasteiger partial charge in [0.05, 0.1) is 27.2 Å². The van der Waals surface area contributed by atoms with Gasteiger partial charge in [0.25, 0.3) is 0 Å². The molecule has 0 unspecified atom stereocenters. The molecule has 98 valence electrons. The van der Waals surface area contributed by atoms with Crippen molar-refractivity contribution in [3.05, 3.63) is 0 Å². The van der Waals surface area contributed by atoms with Crippen LogP contribution in [0.4, 0.5) is 0 Å². The van der Waals surface area contributed by atoms with Gasteiger partial charge in [0.2, 0.25) is 0 Å². The largest absolute Gasteiger partial charge is 0.328 e. The Kier molecular flexibility index (Phi) is 10.1. The van der Waals surface area contributed by atoms with E-state index in [-0.39, 0.29) is 0 Å². The second-order valence-corrected chi connectivity index (χ2v) is 5.86. The molecule has 1 nitrogen and oxygen atoms in total. The van der Waals surface area contributed by atoms with Crippen molar-refractivity contribution in [1.29, 1.82) is 0 Å². The topological polar surface area (TPSA) is 0 Å². The first-order chi connectivity index (χ1) is 7.62. The van der Waals surface area contributed by atoms with Crippen LogP contribution >= 0.6 is 0 Å². The summed E-state index contributed by atoms with van der Waals surface area (Å²) in [6.45, 7) is 7.26. The summed E-state index contributed by atoms with van der Waals surface area (Å²) in [5.74, 6) is 0. The number of unbranched alkanes of at least 4 members (excludes halogenated alkanes) is 7. The molecule has 0 aromatic carbocycles. The van der Waals surface area contributed by atoms with E-state index < -0.39 is 0 Å². The summed E-state index contributed by atoms with van der Waals surface area (Å²) in [5.41, 5.74) is 0. The Morgan fingerprint density at radius 3 is 1.56 bits per heavy atom. The normalized spacial score (nSPS) is 12.0. The summed E-state index contributed by atoms with van der Waals surface area (Å²) in [7, 11) is 4.73. The Morgan fingerprint density at radius 2 is 1.06 bits per heavy atom. The summed E-state index contributed by atoms with van der Waals surface area (Å²) < 4.78 is 1.21. The third-order valence-corrected chi connectivity index (χ3v) is 3.45.